The first-order chi connectivity index (χ1) is 14.0. The molecule has 0 bridgehead atoms. The summed E-state index contributed by atoms with van der Waals surface area (Å²) in [6, 6.07) is 13.6. The van der Waals surface area contributed by atoms with Crippen LogP contribution in [0.5, 0.6) is 5.75 Å². The minimum Gasteiger partial charge on any atom is -0.491 e. The highest BCUT2D eigenvalue weighted by atomic mass is 32.2. The van der Waals surface area contributed by atoms with Gasteiger partial charge in [0.25, 0.3) is 0 Å². The second-order valence-corrected chi connectivity index (χ2v) is 8.14. The van der Waals surface area contributed by atoms with E-state index in [1.165, 1.54) is 12.1 Å². The van der Waals surface area contributed by atoms with Crippen LogP contribution in [-0.2, 0) is 14.8 Å². The number of nitrogens with one attached hydrogen (secondary N) is 1. The Morgan fingerprint density at radius 3 is 2.41 bits per heavy atom. The maximum Gasteiger partial charge on any atom is 0.241 e. The minimum atomic E-state index is -3.65. The second kappa shape index (κ2) is 9.69. The summed E-state index contributed by atoms with van der Waals surface area (Å²) in [7, 11) is -3.65. The van der Waals surface area contributed by atoms with Crippen LogP contribution < -0.4 is 9.46 Å². The molecule has 0 spiro atoms. The zero-order valence-corrected chi connectivity index (χ0v) is 17.3. The van der Waals surface area contributed by atoms with Crippen molar-refractivity contribution in [3.8, 4) is 11.4 Å². The van der Waals surface area contributed by atoms with Crippen molar-refractivity contribution >= 4 is 10.0 Å². The average Bonchev–Trinajstić information content (AvgIpc) is 3.26. The van der Waals surface area contributed by atoms with E-state index in [9.17, 15) is 8.42 Å². The lowest BCUT2D eigenvalue weighted by Gasteiger charge is -2.16. The van der Waals surface area contributed by atoms with E-state index in [1.54, 1.807) is 24.7 Å². The predicted molar refractivity (Wildman–Crippen MR) is 111 cm³/mol. The van der Waals surface area contributed by atoms with Crippen molar-refractivity contribution in [1.29, 1.82) is 0 Å². The van der Waals surface area contributed by atoms with Gasteiger partial charge in [0, 0.05) is 30.7 Å². The van der Waals surface area contributed by atoms with Crippen molar-refractivity contribution in [2.24, 2.45) is 0 Å². The Labute approximate surface area is 171 Å². The van der Waals surface area contributed by atoms with Crippen LogP contribution in [-0.4, -0.2) is 37.8 Å². The zero-order valence-electron chi connectivity index (χ0n) is 16.5. The molecule has 0 fully saturated rings. The third kappa shape index (κ3) is 5.66. The Morgan fingerprint density at radius 1 is 1.07 bits per heavy atom. The van der Waals surface area contributed by atoms with Gasteiger partial charge in [0.15, 0.2) is 0 Å². The zero-order chi connectivity index (χ0) is 20.7. The topological polar surface area (TPSA) is 82.5 Å². The molecule has 0 aliphatic carbocycles. The fourth-order valence-electron chi connectivity index (χ4n) is 2.79. The van der Waals surface area contributed by atoms with Gasteiger partial charge in [-0.1, -0.05) is 12.1 Å². The highest BCUT2D eigenvalue weighted by molar-refractivity contribution is 7.89. The first-order valence-corrected chi connectivity index (χ1v) is 10.9. The molecule has 1 heterocycles. The van der Waals surface area contributed by atoms with Crippen LogP contribution >= 0.6 is 0 Å². The molecule has 0 aliphatic heterocycles. The van der Waals surface area contributed by atoms with Gasteiger partial charge < -0.3 is 14.0 Å². The number of ether oxygens (including phenoxy) is 2. The van der Waals surface area contributed by atoms with E-state index in [4.69, 9.17) is 9.47 Å². The molecule has 1 atom stereocenters. The van der Waals surface area contributed by atoms with E-state index in [-0.39, 0.29) is 10.9 Å². The van der Waals surface area contributed by atoms with Crippen LogP contribution in [0.1, 0.15) is 25.5 Å². The highest BCUT2D eigenvalue weighted by Gasteiger charge is 2.18. The maximum atomic E-state index is 12.7. The number of hydrogen-bond donors (Lipinski definition) is 1. The molecule has 0 aliphatic rings. The van der Waals surface area contributed by atoms with Gasteiger partial charge in [-0.25, -0.2) is 18.1 Å². The number of benzene rings is 2. The molecule has 3 rings (SSSR count). The molecule has 1 unspecified atom stereocenters. The van der Waals surface area contributed by atoms with Crippen LogP contribution in [0.25, 0.3) is 5.69 Å². The summed E-state index contributed by atoms with van der Waals surface area (Å²) in [5.74, 6) is 0.604. The Kier molecular flexibility index (Phi) is 7.03. The Bertz CT molecular complexity index is 985. The van der Waals surface area contributed by atoms with E-state index >= 15 is 0 Å². The van der Waals surface area contributed by atoms with E-state index in [2.05, 4.69) is 9.71 Å². The molecule has 154 valence electrons. The van der Waals surface area contributed by atoms with Crippen molar-refractivity contribution in [3.05, 3.63) is 72.8 Å². The van der Waals surface area contributed by atoms with Gasteiger partial charge in [-0.15, -0.1) is 0 Å². The average molecular weight is 416 g/mol. The molecular weight excluding hydrogens is 390 g/mol. The molecule has 0 saturated carbocycles. The van der Waals surface area contributed by atoms with Crippen LogP contribution in [0.3, 0.4) is 0 Å². The van der Waals surface area contributed by atoms with Crippen LogP contribution in [0, 0.1) is 0 Å². The fourth-order valence-corrected chi connectivity index (χ4v) is 4.03. The smallest absolute Gasteiger partial charge is 0.241 e. The molecule has 7 nitrogen and oxygen atoms in total. The predicted octanol–water partition coefficient (Wildman–Crippen LogP) is 3.33. The van der Waals surface area contributed by atoms with Gasteiger partial charge in [-0.3, -0.25) is 0 Å². The molecule has 0 amide bonds. The monoisotopic (exact) mass is 415 g/mol. The SMILES string of the molecule is CCOCCOc1ccc(S(=O)(=O)NC(C)c2ccc(-n3ccnc3)cc2)cc1. The standard InChI is InChI=1S/C21H25N3O4S/c1-3-27-14-15-28-20-8-10-21(11-9-20)29(25,26)23-17(2)18-4-6-19(7-5-18)24-13-12-22-16-24/h4-13,16-17,23H,3,14-15H2,1-2H3. The van der Waals surface area contributed by atoms with Gasteiger partial charge in [-0.05, 0) is 55.8 Å². The van der Waals surface area contributed by atoms with Crippen molar-refractivity contribution in [2.75, 3.05) is 19.8 Å². The van der Waals surface area contributed by atoms with Gasteiger partial charge in [0.1, 0.15) is 12.4 Å². The molecule has 1 aromatic heterocycles. The molecule has 29 heavy (non-hydrogen) atoms. The molecule has 0 radical (unpaired) electrons. The van der Waals surface area contributed by atoms with E-state index in [0.717, 1.165) is 11.3 Å². The van der Waals surface area contributed by atoms with Crippen LogP contribution in [0.15, 0.2) is 72.1 Å². The largest absolute Gasteiger partial charge is 0.491 e. The summed E-state index contributed by atoms with van der Waals surface area (Å²) in [6.45, 7) is 5.28. The van der Waals surface area contributed by atoms with Crippen molar-refractivity contribution in [3.63, 3.8) is 0 Å². The maximum absolute atomic E-state index is 12.7. The summed E-state index contributed by atoms with van der Waals surface area (Å²) in [5.41, 5.74) is 1.83. The van der Waals surface area contributed by atoms with Gasteiger partial charge in [0.05, 0.1) is 17.8 Å². The number of imidazole rings is 1. The molecule has 3 aromatic rings. The number of aromatic nitrogens is 2. The molecule has 0 saturated heterocycles. The third-order valence-corrected chi connectivity index (χ3v) is 5.92. The molecule has 2 aromatic carbocycles. The minimum absolute atomic E-state index is 0.191. The van der Waals surface area contributed by atoms with Crippen LogP contribution in [0.4, 0.5) is 0 Å². The lowest BCUT2D eigenvalue weighted by atomic mass is 10.1. The van der Waals surface area contributed by atoms with E-state index in [0.29, 0.717) is 25.6 Å². The Balaban J connectivity index is 1.62. The summed E-state index contributed by atoms with van der Waals surface area (Å²) >= 11 is 0. The van der Waals surface area contributed by atoms with Gasteiger partial charge in [0.2, 0.25) is 10.0 Å². The van der Waals surface area contributed by atoms with Crippen LogP contribution in [0.2, 0.25) is 0 Å². The van der Waals surface area contributed by atoms with Crippen molar-refractivity contribution in [2.45, 2.75) is 24.8 Å². The number of hydrogen-bond acceptors (Lipinski definition) is 5. The normalized spacial score (nSPS) is 12.6. The van der Waals surface area contributed by atoms with Crippen molar-refractivity contribution < 1.29 is 17.9 Å². The first kappa shape index (κ1) is 21.0. The Morgan fingerprint density at radius 2 is 1.79 bits per heavy atom. The van der Waals surface area contributed by atoms with Crippen molar-refractivity contribution in [1.82, 2.24) is 14.3 Å². The second-order valence-electron chi connectivity index (χ2n) is 6.42. The molecular formula is C21H25N3O4S. The first-order valence-electron chi connectivity index (χ1n) is 9.41. The summed E-state index contributed by atoms with van der Waals surface area (Å²) in [4.78, 5) is 4.22. The Hall–Kier alpha value is -2.68. The lowest BCUT2D eigenvalue weighted by molar-refractivity contribution is 0.110. The molecule has 1 N–H and O–H groups in total. The third-order valence-electron chi connectivity index (χ3n) is 4.36. The van der Waals surface area contributed by atoms with Gasteiger partial charge >= 0.3 is 0 Å². The lowest BCUT2D eigenvalue weighted by Crippen LogP contribution is -2.26. The fraction of sp³-hybridized carbons (Fsp3) is 0.286. The summed E-state index contributed by atoms with van der Waals surface area (Å²) < 4.78 is 40.7. The van der Waals surface area contributed by atoms with E-state index < -0.39 is 10.0 Å². The summed E-state index contributed by atoms with van der Waals surface area (Å²) in [5, 5.41) is 0. The quantitative estimate of drug-likeness (QED) is 0.514. The van der Waals surface area contributed by atoms with Gasteiger partial charge in [-0.2, -0.15) is 0 Å². The number of nitrogens with zero attached hydrogens (tertiary/aromatic N) is 2. The number of sulfonamides is 1. The highest BCUT2D eigenvalue weighted by Crippen LogP contribution is 2.20. The molecule has 8 heteroatoms. The van der Waals surface area contributed by atoms with E-state index in [1.807, 2.05) is 48.9 Å². The summed E-state index contributed by atoms with van der Waals surface area (Å²) in [6.07, 6.45) is 5.27. The number of rotatable bonds is 10.